The molecule has 4 saturated carbocycles. The number of methoxy groups -OCH3 is 1. The third kappa shape index (κ3) is 10.9. The van der Waals surface area contributed by atoms with Crippen molar-refractivity contribution in [2.24, 2.45) is 41.4 Å². The van der Waals surface area contributed by atoms with E-state index < -0.39 is 23.7 Å². The summed E-state index contributed by atoms with van der Waals surface area (Å²) in [5.41, 5.74) is -3.36. The Kier molecular flexibility index (Phi) is 17.5. The van der Waals surface area contributed by atoms with E-state index in [1.54, 1.807) is 6.07 Å². The van der Waals surface area contributed by atoms with Gasteiger partial charge in [0.25, 0.3) is 0 Å². The number of benzene rings is 1. The van der Waals surface area contributed by atoms with Crippen LogP contribution in [0.3, 0.4) is 0 Å². The minimum atomic E-state index is -4.96. The number of hydrogen-bond donors (Lipinski definition) is 0. The molecule has 4 aliphatic carbocycles. The standard InChI is InChI=1S/C46H73F3O4/c1-3-4-5-6-7-8-9-10-11-13-16-22-31-52-34-41(44(50)45(51-2,46(47,48)49)36-25-20-18-21-26-36)53-32-23-17-14-12-15-19-24-35-27-28-39-40(33-35)43-38-30-29-37(38)42(39)43/h18,20-21,25-26,35,37-43H,3-17,19,22-24,27-34H2,1-2H3/t35-,37-,38+,39+,40-,41?,42-,43+,45?/m1/s1. The van der Waals surface area contributed by atoms with Crippen molar-refractivity contribution in [3.8, 4) is 0 Å². The van der Waals surface area contributed by atoms with Crippen LogP contribution in [0.5, 0.6) is 0 Å². The summed E-state index contributed by atoms with van der Waals surface area (Å²) in [7, 11) is 0.952. The van der Waals surface area contributed by atoms with Crippen LogP contribution in [-0.4, -0.2) is 45.0 Å². The third-order valence-corrected chi connectivity index (χ3v) is 14.1. The van der Waals surface area contributed by atoms with Crippen LogP contribution in [0.15, 0.2) is 30.3 Å². The summed E-state index contributed by atoms with van der Waals surface area (Å²) in [6.07, 6.45) is 23.6. The normalized spacial score (nSPS) is 27.7. The molecule has 0 aliphatic heterocycles. The van der Waals surface area contributed by atoms with Crippen LogP contribution >= 0.6 is 0 Å². The number of ketones is 1. The number of alkyl halides is 3. The molecule has 7 heteroatoms. The van der Waals surface area contributed by atoms with E-state index in [4.69, 9.17) is 14.2 Å². The fourth-order valence-corrected chi connectivity index (χ4v) is 11.1. The van der Waals surface area contributed by atoms with Gasteiger partial charge in [-0.1, -0.05) is 153 Å². The quantitative estimate of drug-likeness (QED) is 0.0766. The number of hydrogen-bond acceptors (Lipinski definition) is 4. The zero-order chi connectivity index (χ0) is 37.5. The maximum absolute atomic E-state index is 14.8. The highest BCUT2D eigenvalue weighted by atomic mass is 19.4. The molecule has 302 valence electrons. The minimum absolute atomic E-state index is 0.212. The maximum atomic E-state index is 14.8. The topological polar surface area (TPSA) is 44.8 Å². The van der Waals surface area contributed by atoms with Gasteiger partial charge in [0.2, 0.25) is 11.4 Å². The van der Waals surface area contributed by atoms with Crippen molar-refractivity contribution in [3.63, 3.8) is 0 Å². The Morgan fingerprint density at radius 1 is 0.679 bits per heavy atom. The average molecular weight is 747 g/mol. The second-order valence-electron chi connectivity index (χ2n) is 17.4. The molecule has 4 nitrogen and oxygen atoms in total. The van der Waals surface area contributed by atoms with Crippen molar-refractivity contribution in [3.05, 3.63) is 35.9 Å². The van der Waals surface area contributed by atoms with E-state index in [-0.39, 0.29) is 18.8 Å². The Morgan fingerprint density at radius 2 is 1.19 bits per heavy atom. The predicted molar refractivity (Wildman–Crippen MR) is 208 cm³/mol. The summed E-state index contributed by atoms with van der Waals surface area (Å²) in [6.45, 7) is 2.65. The van der Waals surface area contributed by atoms with Crippen molar-refractivity contribution in [1.82, 2.24) is 0 Å². The molecule has 0 heterocycles. The number of unbranched alkanes of at least 4 members (excludes halogenated alkanes) is 16. The summed E-state index contributed by atoms with van der Waals surface area (Å²) >= 11 is 0. The van der Waals surface area contributed by atoms with Crippen LogP contribution in [0, 0.1) is 41.4 Å². The average Bonchev–Trinajstić information content (AvgIpc) is 3.14. The van der Waals surface area contributed by atoms with Crippen LogP contribution in [0.25, 0.3) is 0 Å². The van der Waals surface area contributed by atoms with Gasteiger partial charge in [-0.2, -0.15) is 13.2 Å². The Morgan fingerprint density at radius 3 is 1.75 bits per heavy atom. The molecule has 0 saturated heterocycles. The van der Waals surface area contributed by atoms with Crippen LogP contribution in [0.2, 0.25) is 0 Å². The largest absolute Gasteiger partial charge is 0.429 e. The lowest BCUT2D eigenvalue weighted by molar-refractivity contribution is -0.269. The number of ether oxygens (including phenoxy) is 3. The first kappa shape index (κ1) is 42.7. The van der Waals surface area contributed by atoms with E-state index in [1.165, 1.54) is 140 Å². The molecule has 0 spiro atoms. The Hall–Kier alpha value is -1.44. The molecule has 5 rings (SSSR count). The van der Waals surface area contributed by atoms with Crippen molar-refractivity contribution in [2.45, 2.75) is 179 Å². The van der Waals surface area contributed by atoms with E-state index in [0.717, 1.165) is 80.6 Å². The number of carbonyl (C=O) groups excluding carboxylic acids is 1. The van der Waals surface area contributed by atoms with Crippen molar-refractivity contribution >= 4 is 5.78 Å². The highest BCUT2D eigenvalue weighted by Crippen LogP contribution is 2.74. The van der Waals surface area contributed by atoms with Gasteiger partial charge in [0.1, 0.15) is 6.10 Å². The van der Waals surface area contributed by atoms with Crippen molar-refractivity contribution in [1.29, 1.82) is 0 Å². The lowest BCUT2D eigenvalue weighted by atomic mass is 9.30. The van der Waals surface area contributed by atoms with Gasteiger partial charge in [-0.3, -0.25) is 4.79 Å². The van der Waals surface area contributed by atoms with Crippen LogP contribution in [0.1, 0.15) is 167 Å². The van der Waals surface area contributed by atoms with E-state index in [1.807, 2.05) is 0 Å². The van der Waals surface area contributed by atoms with E-state index in [9.17, 15) is 18.0 Å². The molecule has 1 aromatic carbocycles. The Bertz CT molecular complexity index is 1170. The highest BCUT2D eigenvalue weighted by molar-refractivity contribution is 5.93. The molecular weight excluding hydrogens is 673 g/mol. The van der Waals surface area contributed by atoms with Gasteiger partial charge < -0.3 is 14.2 Å². The molecule has 9 atom stereocenters. The van der Waals surface area contributed by atoms with Crippen LogP contribution in [-0.2, 0) is 24.6 Å². The third-order valence-electron chi connectivity index (χ3n) is 14.1. The van der Waals surface area contributed by atoms with Gasteiger partial charge >= 0.3 is 6.18 Å². The van der Waals surface area contributed by atoms with Crippen molar-refractivity contribution in [2.75, 3.05) is 26.9 Å². The zero-order valence-corrected chi connectivity index (χ0v) is 33.4. The number of fused-ring (bicyclic) bond motifs is 7. The molecule has 0 radical (unpaired) electrons. The summed E-state index contributed by atoms with van der Waals surface area (Å²) < 4.78 is 61.2. The van der Waals surface area contributed by atoms with Gasteiger partial charge in [-0.25, -0.2) is 0 Å². The van der Waals surface area contributed by atoms with Gasteiger partial charge in [0.15, 0.2) is 0 Å². The molecule has 2 unspecified atom stereocenters. The predicted octanol–water partition coefficient (Wildman–Crippen LogP) is 12.8. The fraction of sp³-hybridized carbons (Fsp3) is 0.848. The monoisotopic (exact) mass is 747 g/mol. The van der Waals surface area contributed by atoms with E-state index in [2.05, 4.69) is 6.92 Å². The molecule has 0 N–H and O–H groups in total. The first-order valence-corrected chi connectivity index (χ1v) is 22.2. The van der Waals surface area contributed by atoms with Crippen LogP contribution in [0.4, 0.5) is 13.2 Å². The van der Waals surface area contributed by atoms with Crippen LogP contribution < -0.4 is 0 Å². The lowest BCUT2D eigenvalue weighted by Gasteiger charge is -2.74. The first-order valence-electron chi connectivity index (χ1n) is 22.2. The summed E-state index contributed by atoms with van der Waals surface area (Å²) in [4.78, 5) is 13.8. The zero-order valence-electron chi connectivity index (χ0n) is 33.4. The number of rotatable bonds is 29. The molecular formula is C46H73F3O4. The molecule has 0 aromatic heterocycles. The Balaban J connectivity index is 0.980. The fourth-order valence-electron chi connectivity index (χ4n) is 11.1. The van der Waals surface area contributed by atoms with Gasteiger partial charge in [-0.05, 0) is 80.0 Å². The smallest absolute Gasteiger partial charge is 0.378 e. The molecule has 53 heavy (non-hydrogen) atoms. The second-order valence-corrected chi connectivity index (χ2v) is 17.4. The number of Topliss-reactive ketones (excluding diaryl/α,β-unsaturated/α-hetero) is 1. The molecule has 4 aliphatic rings. The van der Waals surface area contributed by atoms with Gasteiger partial charge in [0.05, 0.1) is 6.61 Å². The molecule has 0 amide bonds. The first-order chi connectivity index (χ1) is 25.8. The van der Waals surface area contributed by atoms with Crippen molar-refractivity contribution < 1.29 is 32.2 Å². The molecule has 4 fully saturated rings. The Labute approximate surface area is 320 Å². The van der Waals surface area contributed by atoms with Gasteiger partial charge in [-0.15, -0.1) is 0 Å². The maximum Gasteiger partial charge on any atom is 0.429 e. The number of halogens is 3. The second kappa shape index (κ2) is 21.8. The SMILES string of the molecule is CCCCCCCCCCCCCCOCC(OCCCCCCCC[C@@H]1CC[C@H]2[C@@H](C1)[C@@H]1[C@H]3CC[C@H]3[C@H]21)C(=O)C(OC)(c1ccccc1)C(F)(F)F. The number of carbonyl (C=O) groups is 1. The van der Waals surface area contributed by atoms with E-state index >= 15 is 0 Å². The summed E-state index contributed by atoms with van der Waals surface area (Å²) in [5, 5.41) is 0. The summed E-state index contributed by atoms with van der Waals surface area (Å²) in [6, 6.07) is 7.21. The minimum Gasteiger partial charge on any atom is -0.378 e. The highest BCUT2D eigenvalue weighted by Gasteiger charge is 2.68. The molecule has 0 bridgehead atoms. The van der Waals surface area contributed by atoms with E-state index in [0.29, 0.717) is 13.0 Å². The van der Waals surface area contributed by atoms with Gasteiger partial charge in [0, 0.05) is 25.9 Å². The summed E-state index contributed by atoms with van der Waals surface area (Å²) in [5.74, 6) is 6.42. The molecule has 1 aromatic rings. The lowest BCUT2D eigenvalue weighted by Crippen LogP contribution is -2.69.